The second-order valence-corrected chi connectivity index (χ2v) is 2.31. The predicted molar refractivity (Wildman–Crippen MR) is 34.7 cm³/mol. The highest BCUT2D eigenvalue weighted by atomic mass is 79.9. The van der Waals surface area contributed by atoms with Crippen LogP contribution in [-0.2, 0) is 11.5 Å². The van der Waals surface area contributed by atoms with Crippen LogP contribution < -0.4 is 0 Å². The van der Waals surface area contributed by atoms with Gasteiger partial charge in [0.05, 0.1) is 6.20 Å². The third-order valence-electron chi connectivity index (χ3n) is 0.772. The first-order chi connectivity index (χ1) is 4.33. The summed E-state index contributed by atoms with van der Waals surface area (Å²) in [4.78, 5) is 0. The van der Waals surface area contributed by atoms with Crippen LogP contribution in [0.3, 0.4) is 0 Å². The monoisotopic (exact) mass is 191 g/mol. The Morgan fingerprint density at radius 3 is 3.11 bits per heavy atom. The van der Waals surface area contributed by atoms with Crippen LogP contribution in [-0.4, -0.2) is 22.1 Å². The molecule has 0 N–H and O–H groups in total. The molecule has 0 aliphatic heterocycles. The summed E-state index contributed by atoms with van der Waals surface area (Å²) >= 11 is 3.15. The predicted octanol–water partition coefficient (Wildman–Crippen LogP) is 0.644. The van der Waals surface area contributed by atoms with Crippen molar-refractivity contribution in [3.63, 3.8) is 0 Å². The lowest BCUT2D eigenvalue weighted by Gasteiger charge is -1.92. The molecule has 1 heterocycles. The Hall–Kier alpha value is -0.420. The number of aromatic nitrogens is 3. The smallest absolute Gasteiger partial charge is 0.148 e. The lowest BCUT2D eigenvalue weighted by molar-refractivity contribution is 0.119. The van der Waals surface area contributed by atoms with E-state index >= 15 is 0 Å². The summed E-state index contributed by atoms with van der Waals surface area (Å²) in [6, 6.07) is 0. The van der Waals surface area contributed by atoms with Crippen LogP contribution >= 0.6 is 15.9 Å². The van der Waals surface area contributed by atoms with E-state index in [1.807, 2.05) is 0 Å². The molecule has 0 fully saturated rings. The van der Waals surface area contributed by atoms with Crippen molar-refractivity contribution < 1.29 is 4.74 Å². The standard InChI is InChI=1S/C4H6BrN3O/c1-9-3-8-2-4(5)6-7-8/h2H,3H2,1H3. The molecule has 0 aliphatic carbocycles. The summed E-state index contributed by atoms with van der Waals surface area (Å²) in [5, 5.41) is 7.39. The van der Waals surface area contributed by atoms with Gasteiger partial charge in [-0.3, -0.25) is 0 Å². The molecular formula is C4H6BrN3O. The van der Waals surface area contributed by atoms with Gasteiger partial charge in [-0.15, -0.1) is 5.10 Å². The Bertz CT molecular complexity index is 188. The minimum atomic E-state index is 0.443. The van der Waals surface area contributed by atoms with E-state index in [0.717, 1.165) is 4.60 Å². The van der Waals surface area contributed by atoms with Gasteiger partial charge in [0.1, 0.15) is 11.3 Å². The lowest BCUT2D eigenvalue weighted by Crippen LogP contribution is -1.99. The van der Waals surface area contributed by atoms with Gasteiger partial charge < -0.3 is 4.74 Å². The molecule has 0 amide bonds. The molecule has 0 atom stereocenters. The van der Waals surface area contributed by atoms with Crippen molar-refractivity contribution in [2.75, 3.05) is 7.11 Å². The van der Waals surface area contributed by atoms with Crippen LogP contribution in [0.4, 0.5) is 0 Å². The summed E-state index contributed by atoms with van der Waals surface area (Å²) in [6.07, 6.45) is 1.74. The number of nitrogens with zero attached hydrogens (tertiary/aromatic N) is 3. The number of hydrogen-bond acceptors (Lipinski definition) is 3. The highest BCUT2D eigenvalue weighted by Crippen LogP contribution is 2.00. The maximum Gasteiger partial charge on any atom is 0.148 e. The normalized spacial score (nSPS) is 10.0. The summed E-state index contributed by atoms with van der Waals surface area (Å²) < 4.78 is 7.09. The number of rotatable bonds is 2. The molecule has 0 radical (unpaired) electrons. The lowest BCUT2D eigenvalue weighted by atomic mass is 10.9. The molecule has 0 aromatic carbocycles. The maximum atomic E-state index is 4.78. The summed E-state index contributed by atoms with van der Waals surface area (Å²) in [5.41, 5.74) is 0. The average Bonchev–Trinajstić information content (AvgIpc) is 2.17. The van der Waals surface area contributed by atoms with Crippen LogP contribution in [0, 0.1) is 0 Å². The summed E-state index contributed by atoms with van der Waals surface area (Å²) in [6.45, 7) is 0.443. The third kappa shape index (κ3) is 1.76. The zero-order valence-electron chi connectivity index (χ0n) is 4.91. The molecule has 4 nitrogen and oxygen atoms in total. The fourth-order valence-corrected chi connectivity index (χ4v) is 0.777. The Morgan fingerprint density at radius 1 is 1.89 bits per heavy atom. The number of hydrogen-bond donors (Lipinski definition) is 0. The van der Waals surface area contributed by atoms with E-state index in [0.29, 0.717) is 6.73 Å². The average molecular weight is 192 g/mol. The van der Waals surface area contributed by atoms with E-state index < -0.39 is 0 Å². The largest absolute Gasteiger partial charge is 0.362 e. The van der Waals surface area contributed by atoms with E-state index in [1.165, 1.54) is 0 Å². The van der Waals surface area contributed by atoms with Gasteiger partial charge >= 0.3 is 0 Å². The molecule has 0 saturated carbocycles. The van der Waals surface area contributed by atoms with Gasteiger partial charge in [0, 0.05) is 7.11 Å². The zero-order valence-corrected chi connectivity index (χ0v) is 6.50. The van der Waals surface area contributed by atoms with Gasteiger partial charge in [-0.25, -0.2) is 4.68 Å². The van der Waals surface area contributed by atoms with Crippen molar-refractivity contribution in [1.29, 1.82) is 0 Å². The highest BCUT2D eigenvalue weighted by Gasteiger charge is 1.92. The van der Waals surface area contributed by atoms with E-state index in [-0.39, 0.29) is 0 Å². The molecule has 5 heteroatoms. The first-order valence-electron chi connectivity index (χ1n) is 2.37. The van der Waals surface area contributed by atoms with Gasteiger partial charge in [0.25, 0.3) is 0 Å². The zero-order chi connectivity index (χ0) is 6.69. The second kappa shape index (κ2) is 2.93. The maximum absolute atomic E-state index is 4.78. The minimum absolute atomic E-state index is 0.443. The van der Waals surface area contributed by atoms with Gasteiger partial charge in [-0.2, -0.15) is 0 Å². The minimum Gasteiger partial charge on any atom is -0.362 e. The molecule has 1 aromatic rings. The Balaban J connectivity index is 2.61. The molecule has 50 valence electrons. The third-order valence-corrected chi connectivity index (χ3v) is 1.14. The second-order valence-electron chi connectivity index (χ2n) is 1.50. The van der Waals surface area contributed by atoms with Crippen molar-refractivity contribution in [2.45, 2.75) is 6.73 Å². The van der Waals surface area contributed by atoms with Crippen LogP contribution in [0.5, 0.6) is 0 Å². The molecule has 0 spiro atoms. The topological polar surface area (TPSA) is 39.9 Å². The van der Waals surface area contributed by atoms with E-state index in [9.17, 15) is 0 Å². The fraction of sp³-hybridized carbons (Fsp3) is 0.500. The number of ether oxygens (including phenoxy) is 1. The van der Waals surface area contributed by atoms with E-state index in [1.54, 1.807) is 18.0 Å². The Kier molecular flexibility index (Phi) is 2.18. The van der Waals surface area contributed by atoms with Crippen LogP contribution in [0.25, 0.3) is 0 Å². The van der Waals surface area contributed by atoms with Gasteiger partial charge in [-0.1, -0.05) is 5.21 Å². The SMILES string of the molecule is COCn1cc(Br)nn1. The molecule has 0 bridgehead atoms. The van der Waals surface area contributed by atoms with E-state index in [2.05, 4.69) is 26.2 Å². The van der Waals surface area contributed by atoms with Crippen LogP contribution in [0.15, 0.2) is 10.8 Å². The van der Waals surface area contributed by atoms with E-state index in [4.69, 9.17) is 4.74 Å². The first kappa shape index (κ1) is 6.70. The van der Waals surface area contributed by atoms with Crippen molar-refractivity contribution in [3.8, 4) is 0 Å². The van der Waals surface area contributed by atoms with Crippen LogP contribution in [0.1, 0.15) is 0 Å². The number of methoxy groups -OCH3 is 1. The Labute approximate surface area is 60.9 Å². The fourth-order valence-electron chi connectivity index (χ4n) is 0.470. The van der Waals surface area contributed by atoms with Crippen molar-refractivity contribution in [3.05, 3.63) is 10.8 Å². The molecule has 0 aliphatic rings. The van der Waals surface area contributed by atoms with Gasteiger partial charge in [0.2, 0.25) is 0 Å². The first-order valence-corrected chi connectivity index (χ1v) is 3.17. The van der Waals surface area contributed by atoms with Crippen molar-refractivity contribution in [2.24, 2.45) is 0 Å². The molecule has 0 unspecified atom stereocenters. The Morgan fingerprint density at radius 2 is 2.67 bits per heavy atom. The molecule has 9 heavy (non-hydrogen) atoms. The van der Waals surface area contributed by atoms with Gasteiger partial charge in [-0.05, 0) is 15.9 Å². The van der Waals surface area contributed by atoms with Crippen LogP contribution in [0.2, 0.25) is 0 Å². The summed E-state index contributed by atoms with van der Waals surface area (Å²) in [7, 11) is 1.61. The highest BCUT2D eigenvalue weighted by molar-refractivity contribution is 9.10. The quantitative estimate of drug-likeness (QED) is 0.690. The number of halogens is 1. The molecular weight excluding hydrogens is 186 g/mol. The molecule has 1 rings (SSSR count). The van der Waals surface area contributed by atoms with Gasteiger partial charge in [0.15, 0.2) is 0 Å². The molecule has 0 saturated heterocycles. The van der Waals surface area contributed by atoms with Crippen molar-refractivity contribution >= 4 is 15.9 Å². The van der Waals surface area contributed by atoms with Crippen molar-refractivity contribution in [1.82, 2.24) is 15.0 Å². The summed E-state index contributed by atoms with van der Waals surface area (Å²) in [5.74, 6) is 0. The molecule has 1 aromatic heterocycles.